The largest absolute Gasteiger partial charge is 0.437 e. The number of rotatable bonds is 11. The zero-order valence-corrected chi connectivity index (χ0v) is 17.6. The molecule has 0 spiro atoms. The van der Waals surface area contributed by atoms with Crippen LogP contribution in [0.5, 0.6) is 0 Å². The Kier molecular flexibility index (Phi) is 9.51. The fourth-order valence-corrected chi connectivity index (χ4v) is 3.01. The molecule has 0 aliphatic heterocycles. The van der Waals surface area contributed by atoms with Gasteiger partial charge in [0.1, 0.15) is 0 Å². The molecule has 0 fully saturated rings. The van der Waals surface area contributed by atoms with Gasteiger partial charge < -0.3 is 5.32 Å². The molecule has 0 aromatic heterocycles. The van der Waals surface area contributed by atoms with E-state index in [0.717, 1.165) is 30.0 Å². The number of Topliss-reactive ketones (excluding diaryl/α,β-unsaturated/α-hetero) is 1. The Labute approximate surface area is 176 Å². The molecule has 0 aliphatic rings. The molecule has 2 aromatic rings. The summed E-state index contributed by atoms with van der Waals surface area (Å²) in [6.45, 7) is 3.81. The molecule has 7 heteroatoms. The standard InChI is InChI=1S/C23H29N3O4/c1-3-4-5-6-7-10-16-24-22(28)21(17(2)27)26-30-23(29)25-20-15-11-13-18-12-8-9-14-19(18)20/h8-9,11-15H,3-7,10,16H2,1-2H3,(H,24,28)(H,25,29)/b26-21-. The second-order valence-corrected chi connectivity index (χ2v) is 7.05. The minimum atomic E-state index is -0.881. The predicted molar refractivity (Wildman–Crippen MR) is 119 cm³/mol. The number of ketones is 1. The Hall–Kier alpha value is -3.22. The average molecular weight is 412 g/mol. The van der Waals surface area contributed by atoms with Crippen molar-refractivity contribution in [3.05, 3.63) is 42.5 Å². The molecule has 2 amide bonds. The van der Waals surface area contributed by atoms with Crippen LogP contribution in [0.1, 0.15) is 52.4 Å². The topological polar surface area (TPSA) is 96.9 Å². The molecule has 0 atom stereocenters. The summed E-state index contributed by atoms with van der Waals surface area (Å²) in [5.74, 6) is -1.22. The van der Waals surface area contributed by atoms with Crippen molar-refractivity contribution < 1.29 is 19.2 Å². The minimum Gasteiger partial charge on any atom is -0.350 e. The van der Waals surface area contributed by atoms with Gasteiger partial charge >= 0.3 is 6.09 Å². The Balaban J connectivity index is 1.88. The van der Waals surface area contributed by atoms with Crippen LogP contribution in [0.4, 0.5) is 10.5 Å². The van der Waals surface area contributed by atoms with Gasteiger partial charge in [-0.2, -0.15) is 0 Å². The van der Waals surface area contributed by atoms with Crippen LogP contribution in [0.25, 0.3) is 10.8 Å². The monoisotopic (exact) mass is 411 g/mol. The molecule has 0 radical (unpaired) electrons. The highest BCUT2D eigenvalue weighted by atomic mass is 16.7. The van der Waals surface area contributed by atoms with Crippen molar-refractivity contribution in [2.75, 3.05) is 11.9 Å². The van der Waals surface area contributed by atoms with Crippen molar-refractivity contribution >= 4 is 40.0 Å². The number of unbranched alkanes of at least 4 members (excludes halogenated alkanes) is 5. The molecule has 2 N–H and O–H groups in total. The summed E-state index contributed by atoms with van der Waals surface area (Å²) in [7, 11) is 0. The number of anilines is 1. The number of amides is 2. The molecule has 7 nitrogen and oxygen atoms in total. The quantitative estimate of drug-likeness (QED) is 0.182. The van der Waals surface area contributed by atoms with E-state index >= 15 is 0 Å². The fourth-order valence-electron chi connectivity index (χ4n) is 3.01. The normalized spacial score (nSPS) is 11.2. The van der Waals surface area contributed by atoms with E-state index in [0.29, 0.717) is 12.2 Å². The molecule has 0 bridgehead atoms. The fraction of sp³-hybridized carbons (Fsp3) is 0.391. The number of oxime groups is 1. The van der Waals surface area contributed by atoms with Gasteiger partial charge in [0, 0.05) is 18.9 Å². The Bertz CT molecular complexity index is 903. The lowest BCUT2D eigenvalue weighted by molar-refractivity contribution is -0.117. The third-order valence-corrected chi connectivity index (χ3v) is 4.61. The Morgan fingerprint density at radius 1 is 0.933 bits per heavy atom. The van der Waals surface area contributed by atoms with Crippen LogP contribution in [0, 0.1) is 0 Å². The van der Waals surface area contributed by atoms with Gasteiger partial charge in [-0.15, -0.1) is 0 Å². The number of carbonyl (C=O) groups is 3. The van der Waals surface area contributed by atoms with Crippen LogP contribution in [0.2, 0.25) is 0 Å². The van der Waals surface area contributed by atoms with E-state index in [1.165, 1.54) is 26.2 Å². The van der Waals surface area contributed by atoms with Crippen molar-refractivity contribution in [1.82, 2.24) is 5.32 Å². The van der Waals surface area contributed by atoms with Gasteiger partial charge in [-0.05, 0) is 17.9 Å². The summed E-state index contributed by atoms with van der Waals surface area (Å²) >= 11 is 0. The number of hydrogen-bond donors (Lipinski definition) is 2. The van der Waals surface area contributed by atoms with E-state index < -0.39 is 23.5 Å². The van der Waals surface area contributed by atoms with Crippen LogP contribution < -0.4 is 10.6 Å². The molecule has 0 saturated heterocycles. The number of hydrogen-bond acceptors (Lipinski definition) is 5. The molecule has 30 heavy (non-hydrogen) atoms. The third kappa shape index (κ3) is 7.31. The Morgan fingerprint density at radius 3 is 2.40 bits per heavy atom. The van der Waals surface area contributed by atoms with Gasteiger partial charge in [-0.1, -0.05) is 80.6 Å². The van der Waals surface area contributed by atoms with Crippen molar-refractivity contribution in [3.63, 3.8) is 0 Å². The van der Waals surface area contributed by atoms with Gasteiger partial charge in [0.25, 0.3) is 5.91 Å². The van der Waals surface area contributed by atoms with Crippen molar-refractivity contribution in [1.29, 1.82) is 0 Å². The van der Waals surface area contributed by atoms with E-state index in [1.807, 2.05) is 30.3 Å². The SMILES string of the molecule is CCCCCCCCNC(=O)/C(=N\OC(=O)Nc1cccc2ccccc12)C(C)=O. The van der Waals surface area contributed by atoms with Gasteiger partial charge in [-0.3, -0.25) is 19.7 Å². The molecule has 160 valence electrons. The van der Waals surface area contributed by atoms with Gasteiger partial charge in [0.15, 0.2) is 5.78 Å². The minimum absolute atomic E-state index is 0.436. The van der Waals surface area contributed by atoms with E-state index in [-0.39, 0.29) is 0 Å². The maximum Gasteiger partial charge on any atom is 0.437 e. The van der Waals surface area contributed by atoms with Gasteiger partial charge in [-0.25, -0.2) is 4.79 Å². The van der Waals surface area contributed by atoms with E-state index in [1.54, 1.807) is 12.1 Å². The lowest BCUT2D eigenvalue weighted by Gasteiger charge is -2.08. The Morgan fingerprint density at radius 2 is 1.63 bits per heavy atom. The summed E-state index contributed by atoms with van der Waals surface area (Å²) < 4.78 is 0. The van der Waals surface area contributed by atoms with Crippen LogP contribution in [-0.4, -0.2) is 30.0 Å². The molecule has 0 aliphatic carbocycles. The lowest BCUT2D eigenvalue weighted by Crippen LogP contribution is -2.36. The lowest BCUT2D eigenvalue weighted by atomic mass is 10.1. The molecular formula is C23H29N3O4. The summed E-state index contributed by atoms with van der Waals surface area (Å²) in [5.41, 5.74) is 0.110. The highest BCUT2D eigenvalue weighted by Gasteiger charge is 2.18. The first-order valence-electron chi connectivity index (χ1n) is 10.4. The molecule has 0 unspecified atom stereocenters. The van der Waals surface area contributed by atoms with E-state index in [9.17, 15) is 14.4 Å². The summed E-state index contributed by atoms with van der Waals surface area (Å²) in [4.78, 5) is 40.8. The molecule has 0 saturated carbocycles. The number of benzene rings is 2. The third-order valence-electron chi connectivity index (χ3n) is 4.61. The molecule has 0 heterocycles. The van der Waals surface area contributed by atoms with Crippen LogP contribution in [0.15, 0.2) is 47.6 Å². The first-order chi connectivity index (χ1) is 14.5. The molecule has 2 aromatic carbocycles. The number of carbonyl (C=O) groups excluding carboxylic acids is 3. The zero-order chi connectivity index (χ0) is 21.8. The number of nitrogens with zero attached hydrogens (tertiary/aromatic N) is 1. The zero-order valence-electron chi connectivity index (χ0n) is 17.6. The van der Waals surface area contributed by atoms with Crippen molar-refractivity contribution in [3.8, 4) is 0 Å². The summed E-state index contributed by atoms with van der Waals surface area (Å²) in [6.07, 6.45) is 5.65. The van der Waals surface area contributed by atoms with Crippen molar-refractivity contribution in [2.45, 2.75) is 52.4 Å². The first kappa shape index (κ1) is 23.1. The smallest absolute Gasteiger partial charge is 0.350 e. The predicted octanol–water partition coefficient (Wildman–Crippen LogP) is 4.81. The van der Waals surface area contributed by atoms with E-state index in [2.05, 4.69) is 22.7 Å². The van der Waals surface area contributed by atoms with Crippen LogP contribution in [0.3, 0.4) is 0 Å². The van der Waals surface area contributed by atoms with Gasteiger partial charge in [0.05, 0.1) is 5.69 Å². The second-order valence-electron chi connectivity index (χ2n) is 7.05. The maximum absolute atomic E-state index is 12.2. The van der Waals surface area contributed by atoms with Gasteiger partial charge in [0.2, 0.25) is 5.71 Å². The molecule has 2 rings (SSSR count). The first-order valence-corrected chi connectivity index (χ1v) is 10.4. The average Bonchev–Trinajstić information content (AvgIpc) is 2.73. The van der Waals surface area contributed by atoms with Crippen LogP contribution in [-0.2, 0) is 14.4 Å². The molecular weight excluding hydrogens is 382 g/mol. The summed E-state index contributed by atoms with van der Waals surface area (Å²) in [6, 6.07) is 13.0. The highest BCUT2D eigenvalue weighted by Crippen LogP contribution is 2.23. The van der Waals surface area contributed by atoms with Crippen LogP contribution >= 0.6 is 0 Å². The number of fused-ring (bicyclic) bond motifs is 1. The highest BCUT2D eigenvalue weighted by molar-refractivity contribution is 6.65. The summed E-state index contributed by atoms with van der Waals surface area (Å²) in [5, 5.41) is 10.5. The number of nitrogens with one attached hydrogen (secondary N) is 2. The maximum atomic E-state index is 12.2. The van der Waals surface area contributed by atoms with Crippen molar-refractivity contribution in [2.24, 2.45) is 5.16 Å². The van der Waals surface area contributed by atoms with E-state index in [4.69, 9.17) is 4.84 Å². The second kappa shape index (κ2) is 12.4.